The van der Waals surface area contributed by atoms with Crippen LogP contribution in [-0.4, -0.2) is 55.5 Å². The number of aromatic nitrogens is 1. The highest BCUT2D eigenvalue weighted by molar-refractivity contribution is 6.04. The Bertz CT molecular complexity index is 1130. The molecule has 0 aliphatic heterocycles. The molecule has 1 aromatic rings. The Hall–Kier alpha value is -2.35. The maximum Gasteiger partial charge on any atom is 0.306 e. The van der Waals surface area contributed by atoms with Gasteiger partial charge in [0.1, 0.15) is 11.2 Å². The minimum Gasteiger partial charge on any atom is -0.458 e. The number of ether oxygens (including phenoxy) is 1. The number of carbonyl (C=O) groups is 2. The van der Waals surface area contributed by atoms with E-state index < -0.39 is 39.8 Å². The van der Waals surface area contributed by atoms with E-state index in [-0.39, 0.29) is 37.3 Å². The van der Waals surface area contributed by atoms with E-state index >= 15 is 0 Å². The van der Waals surface area contributed by atoms with Gasteiger partial charge in [0.05, 0.1) is 18.6 Å². The van der Waals surface area contributed by atoms with E-state index in [1.807, 2.05) is 45.0 Å². The lowest BCUT2D eigenvalue weighted by molar-refractivity contribution is -0.187. The van der Waals surface area contributed by atoms with Gasteiger partial charge in [-0.15, -0.1) is 0 Å². The standard InChI is InChI=1S/C28H35NO6/c1-16-11-21-26(33,24(16)32)14-18(15-30)12-20-23-25(3,4)27(23,13-17(2)28(20,21)34)35-22(31)9-8-19-7-5-6-10-29-19/h5-7,10-12,17,20-21,23,30,33-34H,8-9,13-15H2,1-4H3/t17-,20+,21-,23+,26-,27+,28-/m1/s1. The van der Waals surface area contributed by atoms with Crippen LogP contribution in [0.25, 0.3) is 0 Å². The minimum atomic E-state index is -1.78. The van der Waals surface area contributed by atoms with Gasteiger partial charge in [-0.1, -0.05) is 39.0 Å². The number of esters is 1. The fourth-order valence-electron chi connectivity index (χ4n) is 7.63. The highest BCUT2D eigenvalue weighted by Crippen LogP contribution is 2.76. The molecule has 0 unspecified atom stereocenters. The summed E-state index contributed by atoms with van der Waals surface area (Å²) >= 11 is 0. The maximum atomic E-state index is 13.0. The van der Waals surface area contributed by atoms with Gasteiger partial charge in [-0.05, 0) is 42.5 Å². The second-order valence-corrected chi connectivity index (χ2v) is 11.6. The summed E-state index contributed by atoms with van der Waals surface area (Å²) < 4.78 is 6.23. The number of rotatable bonds is 5. The first-order valence-electron chi connectivity index (χ1n) is 12.5. The summed E-state index contributed by atoms with van der Waals surface area (Å²) in [4.78, 5) is 30.3. The molecule has 1 heterocycles. The number of fused-ring (bicyclic) bond motifs is 5. The van der Waals surface area contributed by atoms with Gasteiger partial charge < -0.3 is 20.1 Å². The molecule has 0 radical (unpaired) electrons. The summed E-state index contributed by atoms with van der Waals surface area (Å²) in [6, 6.07) is 5.60. The maximum absolute atomic E-state index is 13.0. The number of carbonyl (C=O) groups excluding carboxylic acids is 2. The second-order valence-electron chi connectivity index (χ2n) is 11.6. The Labute approximate surface area is 205 Å². The van der Waals surface area contributed by atoms with Crippen LogP contribution in [-0.2, 0) is 20.7 Å². The number of aliphatic hydroxyl groups is 3. The molecule has 7 atom stereocenters. The highest BCUT2D eigenvalue weighted by atomic mass is 16.6. The number of hydrogen-bond acceptors (Lipinski definition) is 7. The molecule has 4 aliphatic rings. The predicted molar refractivity (Wildman–Crippen MR) is 128 cm³/mol. The Kier molecular flexibility index (Phi) is 5.44. The molecule has 3 N–H and O–H groups in total. The normalized spacial score (nSPS) is 41.1. The first-order chi connectivity index (χ1) is 16.4. The van der Waals surface area contributed by atoms with E-state index in [1.54, 1.807) is 19.2 Å². The quantitative estimate of drug-likeness (QED) is 0.437. The van der Waals surface area contributed by atoms with Gasteiger partial charge in [-0.3, -0.25) is 14.6 Å². The second kappa shape index (κ2) is 7.82. The van der Waals surface area contributed by atoms with Gasteiger partial charge in [0.2, 0.25) is 0 Å². The number of nitrogens with zero attached hydrogens (tertiary/aromatic N) is 1. The fourth-order valence-corrected chi connectivity index (χ4v) is 7.63. The van der Waals surface area contributed by atoms with Gasteiger partial charge in [0.25, 0.3) is 0 Å². The summed E-state index contributed by atoms with van der Waals surface area (Å²) in [5.41, 5.74) is -2.59. The van der Waals surface area contributed by atoms with Crippen molar-refractivity contribution in [3.63, 3.8) is 0 Å². The fraction of sp³-hybridized carbons (Fsp3) is 0.607. The molecule has 0 spiro atoms. The molecular formula is C28H35NO6. The lowest BCUT2D eigenvalue weighted by Gasteiger charge is -2.50. The third kappa shape index (κ3) is 3.24. The van der Waals surface area contributed by atoms with E-state index in [0.717, 1.165) is 5.69 Å². The highest BCUT2D eigenvalue weighted by Gasteiger charge is 2.83. The molecule has 0 aromatic carbocycles. The van der Waals surface area contributed by atoms with Crippen molar-refractivity contribution in [3.05, 3.63) is 53.4 Å². The molecule has 0 bridgehead atoms. The van der Waals surface area contributed by atoms with Crippen LogP contribution in [0.5, 0.6) is 0 Å². The van der Waals surface area contributed by atoms with Crippen LogP contribution in [0.4, 0.5) is 0 Å². The zero-order valence-corrected chi connectivity index (χ0v) is 20.8. The van der Waals surface area contributed by atoms with Crippen LogP contribution in [0.3, 0.4) is 0 Å². The molecule has 7 nitrogen and oxygen atoms in total. The van der Waals surface area contributed by atoms with Crippen LogP contribution in [0.2, 0.25) is 0 Å². The van der Waals surface area contributed by atoms with Gasteiger partial charge in [0.15, 0.2) is 5.78 Å². The van der Waals surface area contributed by atoms with Gasteiger partial charge in [0, 0.05) is 47.9 Å². The van der Waals surface area contributed by atoms with E-state index in [0.29, 0.717) is 24.0 Å². The number of aliphatic hydroxyl groups excluding tert-OH is 1. The number of aryl methyl sites for hydroxylation is 1. The number of Topliss-reactive ketones (excluding diaryl/α,β-unsaturated/α-hetero) is 1. The topological polar surface area (TPSA) is 117 Å². The molecular weight excluding hydrogens is 446 g/mol. The van der Waals surface area contributed by atoms with Gasteiger partial charge in [-0.2, -0.15) is 0 Å². The zero-order valence-electron chi connectivity index (χ0n) is 20.8. The number of pyridine rings is 1. The molecule has 5 rings (SSSR count). The van der Waals surface area contributed by atoms with Crippen molar-refractivity contribution in [2.45, 2.75) is 70.2 Å². The Morgan fingerprint density at radius 2 is 1.97 bits per heavy atom. The Morgan fingerprint density at radius 1 is 1.23 bits per heavy atom. The van der Waals surface area contributed by atoms with E-state index in [4.69, 9.17) is 4.74 Å². The summed E-state index contributed by atoms with van der Waals surface area (Å²) in [5.74, 6) is -2.54. The third-order valence-electron chi connectivity index (χ3n) is 9.48. The van der Waals surface area contributed by atoms with Crippen molar-refractivity contribution in [1.29, 1.82) is 0 Å². The van der Waals surface area contributed by atoms with Crippen LogP contribution in [0, 0.1) is 29.1 Å². The SMILES string of the molecule is CC1=C[C@H]2[C@@]3(O)[C@H](C)C[C@]4(OC(=O)CCc5ccccn5)[C@@H]([C@@H]3C=C(CO)C[C@]2(O)C1=O)C4(C)C. The van der Waals surface area contributed by atoms with E-state index in [1.165, 1.54) is 0 Å². The predicted octanol–water partition coefficient (Wildman–Crippen LogP) is 2.54. The molecule has 35 heavy (non-hydrogen) atoms. The van der Waals surface area contributed by atoms with Crippen molar-refractivity contribution in [2.24, 2.45) is 29.1 Å². The first kappa shape index (κ1) is 24.3. The smallest absolute Gasteiger partial charge is 0.306 e. The van der Waals surface area contributed by atoms with E-state index in [2.05, 4.69) is 4.98 Å². The van der Waals surface area contributed by atoms with Crippen LogP contribution in [0.1, 0.15) is 52.7 Å². The van der Waals surface area contributed by atoms with Crippen LogP contribution < -0.4 is 0 Å². The largest absolute Gasteiger partial charge is 0.458 e. The Morgan fingerprint density at radius 3 is 2.63 bits per heavy atom. The van der Waals surface area contributed by atoms with E-state index in [9.17, 15) is 24.9 Å². The molecule has 0 amide bonds. The molecule has 4 aliphatic carbocycles. The summed E-state index contributed by atoms with van der Waals surface area (Å²) in [5, 5.41) is 34.0. The summed E-state index contributed by atoms with van der Waals surface area (Å²) in [6.45, 7) is 7.36. The van der Waals surface area contributed by atoms with Crippen LogP contribution in [0.15, 0.2) is 47.7 Å². The lowest BCUT2D eigenvalue weighted by atomic mass is 9.60. The first-order valence-corrected chi connectivity index (χ1v) is 12.5. The molecule has 7 heteroatoms. The molecule has 188 valence electrons. The van der Waals surface area contributed by atoms with Crippen molar-refractivity contribution in [2.75, 3.05) is 6.61 Å². The monoisotopic (exact) mass is 481 g/mol. The molecule has 2 saturated carbocycles. The summed E-state index contributed by atoms with van der Waals surface area (Å²) in [7, 11) is 0. The number of hydrogen-bond donors (Lipinski definition) is 3. The van der Waals surface area contributed by atoms with Crippen molar-refractivity contribution >= 4 is 11.8 Å². The molecule has 1 aromatic heterocycles. The molecule has 0 saturated heterocycles. The van der Waals surface area contributed by atoms with Gasteiger partial charge in [-0.25, -0.2) is 0 Å². The minimum absolute atomic E-state index is 0.0175. The average molecular weight is 482 g/mol. The average Bonchev–Trinajstić information content (AvgIpc) is 3.22. The van der Waals surface area contributed by atoms with Crippen molar-refractivity contribution in [3.8, 4) is 0 Å². The lowest BCUT2D eigenvalue weighted by Crippen LogP contribution is -2.61. The van der Waals surface area contributed by atoms with Crippen molar-refractivity contribution in [1.82, 2.24) is 4.98 Å². The molecule has 2 fully saturated rings. The summed E-state index contributed by atoms with van der Waals surface area (Å²) in [6.07, 6.45) is 6.37. The number of ketones is 1. The van der Waals surface area contributed by atoms with Gasteiger partial charge >= 0.3 is 5.97 Å². The zero-order chi connectivity index (χ0) is 25.4. The Balaban J connectivity index is 1.48. The third-order valence-corrected chi connectivity index (χ3v) is 9.48. The van der Waals surface area contributed by atoms with Crippen LogP contribution >= 0.6 is 0 Å². The van der Waals surface area contributed by atoms with Crippen molar-refractivity contribution < 1.29 is 29.6 Å².